The predicted octanol–water partition coefficient (Wildman–Crippen LogP) is 1.66. The standard InChI is InChI=1S/C10H17N3O/c1-8-10(13-14-12-8)7-11-6-2-3-9-4-5-9/h9,11H,2-7H2,1H3. The van der Waals surface area contributed by atoms with Crippen LogP contribution in [0.2, 0.25) is 0 Å². The molecule has 0 unspecified atom stereocenters. The number of aromatic nitrogens is 2. The molecule has 1 heterocycles. The Morgan fingerprint density at radius 2 is 2.29 bits per heavy atom. The van der Waals surface area contributed by atoms with Gasteiger partial charge in [-0.15, -0.1) is 0 Å². The Labute approximate surface area is 84.0 Å². The summed E-state index contributed by atoms with van der Waals surface area (Å²) in [5.74, 6) is 1.03. The largest absolute Gasteiger partial charge is 0.311 e. The van der Waals surface area contributed by atoms with Crippen molar-refractivity contribution in [2.24, 2.45) is 5.92 Å². The Morgan fingerprint density at radius 3 is 2.93 bits per heavy atom. The molecule has 0 saturated heterocycles. The summed E-state index contributed by atoms with van der Waals surface area (Å²) in [7, 11) is 0. The SMILES string of the molecule is Cc1nonc1CNCCCC1CC1. The highest BCUT2D eigenvalue weighted by Gasteiger charge is 2.19. The summed E-state index contributed by atoms with van der Waals surface area (Å²) >= 11 is 0. The number of hydrogen-bond acceptors (Lipinski definition) is 4. The maximum atomic E-state index is 4.61. The molecule has 0 amide bonds. The molecular weight excluding hydrogens is 178 g/mol. The van der Waals surface area contributed by atoms with Gasteiger partial charge in [0.2, 0.25) is 0 Å². The Balaban J connectivity index is 1.56. The summed E-state index contributed by atoms with van der Waals surface area (Å²) in [4.78, 5) is 0. The van der Waals surface area contributed by atoms with Crippen LogP contribution < -0.4 is 5.32 Å². The average molecular weight is 195 g/mol. The van der Waals surface area contributed by atoms with Gasteiger partial charge in [0.1, 0.15) is 11.4 Å². The van der Waals surface area contributed by atoms with E-state index in [4.69, 9.17) is 0 Å². The van der Waals surface area contributed by atoms with Crippen LogP contribution in [0.15, 0.2) is 4.63 Å². The van der Waals surface area contributed by atoms with Gasteiger partial charge in [0, 0.05) is 6.54 Å². The summed E-state index contributed by atoms with van der Waals surface area (Å²) < 4.78 is 4.61. The number of rotatable bonds is 6. The third kappa shape index (κ3) is 2.80. The molecule has 0 aliphatic heterocycles. The molecule has 0 spiro atoms. The zero-order valence-electron chi connectivity index (χ0n) is 8.62. The molecular formula is C10H17N3O. The predicted molar refractivity (Wildman–Crippen MR) is 52.7 cm³/mol. The van der Waals surface area contributed by atoms with Crippen LogP contribution in [0, 0.1) is 12.8 Å². The van der Waals surface area contributed by atoms with Crippen molar-refractivity contribution in [2.45, 2.75) is 39.2 Å². The highest BCUT2D eigenvalue weighted by molar-refractivity contribution is 5.03. The summed E-state index contributed by atoms with van der Waals surface area (Å²) in [6.07, 6.45) is 5.55. The summed E-state index contributed by atoms with van der Waals surface area (Å²) in [5, 5.41) is 10.9. The monoisotopic (exact) mass is 195 g/mol. The van der Waals surface area contributed by atoms with Crippen molar-refractivity contribution >= 4 is 0 Å². The van der Waals surface area contributed by atoms with Gasteiger partial charge in [0.05, 0.1) is 0 Å². The van der Waals surface area contributed by atoms with E-state index in [9.17, 15) is 0 Å². The zero-order chi connectivity index (χ0) is 9.80. The van der Waals surface area contributed by atoms with Crippen LogP contribution in [-0.2, 0) is 6.54 Å². The summed E-state index contributed by atoms with van der Waals surface area (Å²) in [5.41, 5.74) is 1.82. The molecule has 4 heteroatoms. The van der Waals surface area contributed by atoms with Gasteiger partial charge in [-0.1, -0.05) is 23.2 Å². The van der Waals surface area contributed by atoms with Gasteiger partial charge >= 0.3 is 0 Å². The lowest BCUT2D eigenvalue weighted by Gasteiger charge is -2.01. The first-order chi connectivity index (χ1) is 6.86. The first-order valence-electron chi connectivity index (χ1n) is 5.35. The van der Waals surface area contributed by atoms with E-state index in [-0.39, 0.29) is 0 Å². The summed E-state index contributed by atoms with van der Waals surface area (Å²) in [6.45, 7) is 3.76. The maximum absolute atomic E-state index is 4.61. The van der Waals surface area contributed by atoms with Crippen molar-refractivity contribution in [3.8, 4) is 0 Å². The second kappa shape index (κ2) is 4.55. The Bertz CT molecular complexity index is 281. The van der Waals surface area contributed by atoms with Crippen molar-refractivity contribution in [1.82, 2.24) is 15.6 Å². The van der Waals surface area contributed by atoms with Crippen molar-refractivity contribution < 1.29 is 4.63 Å². The zero-order valence-corrected chi connectivity index (χ0v) is 8.62. The molecule has 2 rings (SSSR count). The lowest BCUT2D eigenvalue weighted by molar-refractivity contribution is 0.300. The molecule has 0 aromatic carbocycles. The number of nitrogens with zero attached hydrogens (tertiary/aromatic N) is 2. The van der Waals surface area contributed by atoms with Gasteiger partial charge in [0.25, 0.3) is 0 Å². The highest BCUT2D eigenvalue weighted by Crippen LogP contribution is 2.33. The van der Waals surface area contributed by atoms with E-state index in [1.165, 1.54) is 25.7 Å². The number of nitrogens with one attached hydrogen (secondary N) is 1. The first kappa shape index (κ1) is 9.65. The van der Waals surface area contributed by atoms with Gasteiger partial charge in [-0.3, -0.25) is 0 Å². The second-order valence-corrected chi connectivity index (χ2v) is 4.06. The topological polar surface area (TPSA) is 51.0 Å². The van der Waals surface area contributed by atoms with Crippen LogP contribution in [-0.4, -0.2) is 16.9 Å². The molecule has 0 atom stereocenters. The van der Waals surface area contributed by atoms with E-state index in [0.29, 0.717) is 0 Å². The molecule has 0 radical (unpaired) electrons. The van der Waals surface area contributed by atoms with E-state index in [1.807, 2.05) is 6.92 Å². The Morgan fingerprint density at radius 1 is 1.43 bits per heavy atom. The van der Waals surface area contributed by atoms with E-state index in [2.05, 4.69) is 20.3 Å². The smallest absolute Gasteiger partial charge is 0.121 e. The molecule has 1 aromatic rings. The van der Waals surface area contributed by atoms with Crippen molar-refractivity contribution in [1.29, 1.82) is 0 Å². The molecule has 14 heavy (non-hydrogen) atoms. The van der Waals surface area contributed by atoms with Crippen LogP contribution in [0.1, 0.15) is 37.1 Å². The van der Waals surface area contributed by atoms with Crippen molar-refractivity contribution in [2.75, 3.05) is 6.54 Å². The van der Waals surface area contributed by atoms with E-state index >= 15 is 0 Å². The van der Waals surface area contributed by atoms with Gasteiger partial charge in [0.15, 0.2) is 0 Å². The van der Waals surface area contributed by atoms with Gasteiger partial charge < -0.3 is 5.32 Å². The maximum Gasteiger partial charge on any atom is 0.121 e. The number of hydrogen-bond donors (Lipinski definition) is 1. The quantitative estimate of drug-likeness (QED) is 0.701. The minimum absolute atomic E-state index is 0.778. The minimum atomic E-state index is 0.778. The van der Waals surface area contributed by atoms with E-state index < -0.39 is 0 Å². The molecule has 1 fully saturated rings. The molecule has 1 aliphatic carbocycles. The average Bonchev–Trinajstić information content (AvgIpc) is 2.91. The number of aryl methyl sites for hydroxylation is 1. The lowest BCUT2D eigenvalue weighted by Crippen LogP contribution is -2.15. The summed E-state index contributed by atoms with van der Waals surface area (Å²) in [6, 6.07) is 0. The highest BCUT2D eigenvalue weighted by atomic mass is 16.6. The van der Waals surface area contributed by atoms with Crippen LogP contribution in [0.3, 0.4) is 0 Å². The van der Waals surface area contributed by atoms with Crippen molar-refractivity contribution in [3.63, 3.8) is 0 Å². The molecule has 1 N–H and O–H groups in total. The molecule has 4 nitrogen and oxygen atoms in total. The Hall–Kier alpha value is -0.900. The minimum Gasteiger partial charge on any atom is -0.311 e. The normalized spacial score (nSPS) is 16.1. The molecule has 1 aliphatic rings. The van der Waals surface area contributed by atoms with Crippen LogP contribution in [0.25, 0.3) is 0 Å². The molecule has 1 aromatic heterocycles. The fourth-order valence-corrected chi connectivity index (χ4v) is 1.54. The second-order valence-electron chi connectivity index (χ2n) is 4.06. The first-order valence-corrected chi connectivity index (χ1v) is 5.35. The fraction of sp³-hybridized carbons (Fsp3) is 0.800. The third-order valence-corrected chi connectivity index (χ3v) is 2.70. The van der Waals surface area contributed by atoms with Crippen molar-refractivity contribution in [3.05, 3.63) is 11.4 Å². The van der Waals surface area contributed by atoms with Crippen LogP contribution in [0.4, 0.5) is 0 Å². The molecule has 78 valence electrons. The van der Waals surface area contributed by atoms with E-state index in [0.717, 1.165) is 30.4 Å². The van der Waals surface area contributed by atoms with Gasteiger partial charge in [-0.05, 0) is 32.2 Å². The van der Waals surface area contributed by atoms with Gasteiger partial charge in [-0.25, -0.2) is 4.63 Å². The van der Waals surface area contributed by atoms with Gasteiger partial charge in [-0.2, -0.15) is 0 Å². The van der Waals surface area contributed by atoms with E-state index in [1.54, 1.807) is 0 Å². The van der Waals surface area contributed by atoms with Crippen LogP contribution in [0.5, 0.6) is 0 Å². The Kier molecular flexibility index (Phi) is 3.14. The molecule has 1 saturated carbocycles. The lowest BCUT2D eigenvalue weighted by atomic mass is 10.2. The third-order valence-electron chi connectivity index (χ3n) is 2.70. The fourth-order valence-electron chi connectivity index (χ4n) is 1.54. The van der Waals surface area contributed by atoms with Crippen LogP contribution >= 0.6 is 0 Å². The molecule has 0 bridgehead atoms.